The van der Waals surface area contributed by atoms with E-state index < -0.39 is 0 Å². The van der Waals surface area contributed by atoms with E-state index in [1.807, 2.05) is 0 Å². The molecule has 0 saturated carbocycles. The van der Waals surface area contributed by atoms with Crippen LogP contribution in [0.25, 0.3) is 0 Å². The van der Waals surface area contributed by atoms with Crippen LogP contribution in [-0.4, -0.2) is 25.0 Å². The zero-order valence-corrected chi connectivity index (χ0v) is 13.3. The molecule has 0 fully saturated rings. The molecule has 1 aromatic carbocycles. The van der Waals surface area contributed by atoms with Crippen LogP contribution in [0, 0.1) is 5.82 Å². The van der Waals surface area contributed by atoms with E-state index in [2.05, 4.69) is 15.9 Å². The first-order valence-electron chi connectivity index (χ1n) is 6.28. The van der Waals surface area contributed by atoms with Gasteiger partial charge in [0.1, 0.15) is 18.2 Å². The lowest BCUT2D eigenvalue weighted by Crippen LogP contribution is -2.26. The Kier molecular flexibility index (Phi) is 5.14. The van der Waals surface area contributed by atoms with Crippen LogP contribution in [0.15, 0.2) is 39.2 Å². The number of carbonyl (C=O) groups excluding carboxylic acids is 1. The van der Waals surface area contributed by atoms with Gasteiger partial charge in [-0.3, -0.25) is 4.79 Å². The molecule has 0 atom stereocenters. The molecule has 0 aliphatic carbocycles. The van der Waals surface area contributed by atoms with Gasteiger partial charge in [-0.2, -0.15) is 0 Å². The largest absolute Gasteiger partial charge is 0.453 e. The van der Waals surface area contributed by atoms with Crippen molar-refractivity contribution in [2.45, 2.75) is 13.2 Å². The van der Waals surface area contributed by atoms with E-state index in [9.17, 15) is 9.18 Å². The first-order valence-corrected chi connectivity index (χ1v) is 7.07. The highest BCUT2D eigenvalue weighted by molar-refractivity contribution is 9.10. The SMILES string of the molecule is COCc1ccc(C(=O)N(C)Cc2cc(Br)ccc2F)o1. The maximum absolute atomic E-state index is 13.7. The van der Waals surface area contributed by atoms with Gasteiger partial charge in [0.05, 0.1) is 0 Å². The van der Waals surface area contributed by atoms with Crippen LogP contribution in [0.3, 0.4) is 0 Å². The molecular weight excluding hydrogens is 341 g/mol. The molecule has 21 heavy (non-hydrogen) atoms. The molecule has 112 valence electrons. The third kappa shape index (κ3) is 3.92. The van der Waals surface area contributed by atoms with Gasteiger partial charge in [-0.15, -0.1) is 0 Å². The average Bonchev–Trinajstić information content (AvgIpc) is 2.91. The summed E-state index contributed by atoms with van der Waals surface area (Å²) in [5, 5.41) is 0. The van der Waals surface area contributed by atoms with Crippen molar-refractivity contribution in [2.75, 3.05) is 14.2 Å². The summed E-state index contributed by atoms with van der Waals surface area (Å²) in [6, 6.07) is 7.90. The highest BCUT2D eigenvalue weighted by atomic mass is 79.9. The van der Waals surface area contributed by atoms with E-state index in [1.165, 1.54) is 11.0 Å². The summed E-state index contributed by atoms with van der Waals surface area (Å²) < 4.78 is 24.8. The van der Waals surface area contributed by atoms with Crippen LogP contribution < -0.4 is 0 Å². The summed E-state index contributed by atoms with van der Waals surface area (Å²) in [4.78, 5) is 13.6. The third-order valence-corrected chi connectivity index (χ3v) is 3.41. The Hall–Kier alpha value is -1.66. The van der Waals surface area contributed by atoms with E-state index >= 15 is 0 Å². The lowest BCUT2D eigenvalue weighted by atomic mass is 10.2. The molecule has 0 bridgehead atoms. The smallest absolute Gasteiger partial charge is 0.289 e. The van der Waals surface area contributed by atoms with Gasteiger partial charge in [0, 0.05) is 30.7 Å². The minimum atomic E-state index is -0.350. The highest BCUT2D eigenvalue weighted by Crippen LogP contribution is 2.18. The molecule has 6 heteroatoms. The molecule has 1 heterocycles. The second-order valence-electron chi connectivity index (χ2n) is 4.60. The fourth-order valence-corrected chi connectivity index (χ4v) is 2.30. The maximum atomic E-state index is 13.7. The van der Waals surface area contributed by atoms with Gasteiger partial charge in [0.2, 0.25) is 0 Å². The Morgan fingerprint density at radius 3 is 2.86 bits per heavy atom. The lowest BCUT2D eigenvalue weighted by Gasteiger charge is -2.16. The minimum absolute atomic E-state index is 0.157. The van der Waals surface area contributed by atoms with Gasteiger partial charge in [-0.05, 0) is 30.3 Å². The van der Waals surface area contributed by atoms with Crippen molar-refractivity contribution >= 4 is 21.8 Å². The van der Waals surface area contributed by atoms with E-state index in [0.717, 1.165) is 4.47 Å². The highest BCUT2D eigenvalue weighted by Gasteiger charge is 2.17. The van der Waals surface area contributed by atoms with Crippen molar-refractivity contribution in [3.05, 3.63) is 57.7 Å². The van der Waals surface area contributed by atoms with Crippen molar-refractivity contribution in [2.24, 2.45) is 0 Å². The molecular formula is C15H15BrFNO3. The normalized spacial score (nSPS) is 10.7. The number of halogens is 2. The molecule has 1 aromatic heterocycles. The predicted octanol–water partition coefficient (Wildman–Crippen LogP) is 3.60. The molecule has 0 radical (unpaired) electrons. The number of amides is 1. The Morgan fingerprint density at radius 2 is 2.14 bits per heavy atom. The molecule has 0 N–H and O–H groups in total. The zero-order chi connectivity index (χ0) is 15.4. The van der Waals surface area contributed by atoms with Crippen molar-refractivity contribution in [1.29, 1.82) is 0 Å². The van der Waals surface area contributed by atoms with Crippen molar-refractivity contribution in [1.82, 2.24) is 4.90 Å². The molecule has 4 nitrogen and oxygen atoms in total. The van der Waals surface area contributed by atoms with Crippen LogP contribution in [0.2, 0.25) is 0 Å². The van der Waals surface area contributed by atoms with E-state index in [0.29, 0.717) is 17.9 Å². The molecule has 0 unspecified atom stereocenters. The van der Waals surface area contributed by atoms with E-state index in [1.54, 1.807) is 38.4 Å². The number of nitrogens with zero attached hydrogens (tertiary/aromatic N) is 1. The molecule has 0 aliphatic rings. The number of methoxy groups -OCH3 is 1. The van der Waals surface area contributed by atoms with Gasteiger partial charge < -0.3 is 14.1 Å². The van der Waals surface area contributed by atoms with Crippen molar-refractivity contribution in [3.63, 3.8) is 0 Å². The predicted molar refractivity (Wildman–Crippen MR) is 79.3 cm³/mol. The van der Waals surface area contributed by atoms with Crippen molar-refractivity contribution in [3.8, 4) is 0 Å². The first kappa shape index (κ1) is 15.7. The Morgan fingerprint density at radius 1 is 1.38 bits per heavy atom. The third-order valence-electron chi connectivity index (χ3n) is 2.92. The van der Waals surface area contributed by atoms with Gasteiger partial charge in [-0.1, -0.05) is 15.9 Å². The number of hydrogen-bond acceptors (Lipinski definition) is 3. The lowest BCUT2D eigenvalue weighted by molar-refractivity contribution is 0.0744. The summed E-state index contributed by atoms with van der Waals surface area (Å²) in [6.07, 6.45) is 0. The standard InChI is InChI=1S/C15H15BrFNO3/c1-18(8-10-7-11(16)3-5-13(10)17)15(19)14-6-4-12(21-14)9-20-2/h3-7H,8-9H2,1-2H3. The Bertz CT molecular complexity index is 642. The van der Waals surface area contributed by atoms with Crippen molar-refractivity contribution < 1.29 is 18.3 Å². The molecule has 0 saturated heterocycles. The van der Waals surface area contributed by atoms with Crippen LogP contribution in [-0.2, 0) is 17.9 Å². The summed E-state index contributed by atoms with van der Waals surface area (Å²) in [5.41, 5.74) is 0.434. The van der Waals surface area contributed by atoms with Gasteiger partial charge in [0.25, 0.3) is 5.91 Å². The molecule has 0 aliphatic heterocycles. The first-order chi connectivity index (χ1) is 10.0. The number of carbonyl (C=O) groups is 1. The number of benzene rings is 1. The average molecular weight is 356 g/mol. The van der Waals surface area contributed by atoms with Crippen LogP contribution in [0.4, 0.5) is 4.39 Å². The van der Waals surface area contributed by atoms with Gasteiger partial charge >= 0.3 is 0 Å². The molecule has 1 amide bonds. The number of ether oxygens (including phenoxy) is 1. The summed E-state index contributed by atoms with van der Waals surface area (Å²) in [5.74, 6) is 0.122. The number of rotatable bonds is 5. The second kappa shape index (κ2) is 6.87. The number of furan rings is 1. The second-order valence-corrected chi connectivity index (χ2v) is 5.51. The summed E-state index contributed by atoms with van der Waals surface area (Å²) in [6.45, 7) is 0.460. The summed E-state index contributed by atoms with van der Waals surface area (Å²) in [7, 11) is 3.15. The van der Waals surface area contributed by atoms with E-state index in [-0.39, 0.29) is 24.0 Å². The monoisotopic (exact) mass is 355 g/mol. The zero-order valence-electron chi connectivity index (χ0n) is 11.7. The summed E-state index contributed by atoms with van der Waals surface area (Å²) >= 11 is 3.29. The molecule has 2 rings (SSSR count). The van der Waals surface area contributed by atoms with Crippen LogP contribution >= 0.6 is 15.9 Å². The fourth-order valence-electron chi connectivity index (χ4n) is 1.89. The Labute approximate surface area is 130 Å². The maximum Gasteiger partial charge on any atom is 0.289 e. The van der Waals surface area contributed by atoms with Crippen LogP contribution in [0.1, 0.15) is 21.9 Å². The van der Waals surface area contributed by atoms with E-state index in [4.69, 9.17) is 9.15 Å². The fraction of sp³-hybridized carbons (Fsp3) is 0.267. The van der Waals surface area contributed by atoms with Gasteiger partial charge in [0.15, 0.2) is 5.76 Å². The quantitative estimate of drug-likeness (QED) is 0.822. The number of hydrogen-bond donors (Lipinski definition) is 0. The van der Waals surface area contributed by atoms with Crippen LogP contribution in [0.5, 0.6) is 0 Å². The molecule has 0 spiro atoms. The molecule has 2 aromatic rings. The Balaban J connectivity index is 2.09. The topological polar surface area (TPSA) is 42.7 Å². The minimum Gasteiger partial charge on any atom is -0.453 e. The van der Waals surface area contributed by atoms with Gasteiger partial charge in [-0.25, -0.2) is 4.39 Å².